The van der Waals surface area contributed by atoms with E-state index >= 15 is 0 Å². The maximum Gasteiger partial charge on any atom is 0.350 e. The van der Waals surface area contributed by atoms with E-state index in [9.17, 15) is 9.59 Å². The number of nitrogens with zero attached hydrogens (tertiary/aromatic N) is 2. The molecule has 3 rings (SSSR count). The molecule has 7 heteroatoms. The minimum Gasteiger partial charge on any atom is -0.419 e. The second-order valence-corrected chi connectivity index (χ2v) is 5.98. The predicted molar refractivity (Wildman–Crippen MR) is 87.0 cm³/mol. The first-order chi connectivity index (χ1) is 11.2. The molecule has 0 amide bonds. The Morgan fingerprint density at radius 1 is 1.00 bits per heavy atom. The molecule has 0 radical (unpaired) electrons. The van der Waals surface area contributed by atoms with Gasteiger partial charge in [0.05, 0.1) is 22.4 Å². The highest BCUT2D eigenvalue weighted by molar-refractivity contribution is 6.15. The first kappa shape index (κ1) is 15.9. The number of nitrogens with one attached hydrogen (secondary N) is 1. The van der Waals surface area contributed by atoms with Crippen molar-refractivity contribution >= 4 is 28.7 Å². The van der Waals surface area contributed by atoms with Crippen LogP contribution >= 0.6 is 0 Å². The zero-order valence-corrected chi connectivity index (χ0v) is 13.8. The third-order valence-electron chi connectivity index (χ3n) is 3.58. The van der Waals surface area contributed by atoms with Gasteiger partial charge >= 0.3 is 11.9 Å². The van der Waals surface area contributed by atoms with Gasteiger partial charge in [0.2, 0.25) is 0 Å². The Kier molecular flexibility index (Phi) is 3.71. The highest BCUT2D eigenvalue weighted by atomic mass is 16.7. The fourth-order valence-electron chi connectivity index (χ4n) is 2.25. The summed E-state index contributed by atoms with van der Waals surface area (Å²) in [4.78, 5) is 32.7. The molecule has 0 atom stereocenters. The molecule has 0 bridgehead atoms. The summed E-state index contributed by atoms with van der Waals surface area (Å²) in [5.41, 5.74) is 3.69. The lowest BCUT2D eigenvalue weighted by Crippen LogP contribution is -2.42. The number of esters is 2. The first-order valence-electron chi connectivity index (χ1n) is 7.43. The van der Waals surface area contributed by atoms with Crippen LogP contribution in [0.1, 0.15) is 25.2 Å². The van der Waals surface area contributed by atoms with Crippen molar-refractivity contribution in [3.63, 3.8) is 0 Å². The van der Waals surface area contributed by atoms with Crippen molar-refractivity contribution < 1.29 is 19.1 Å². The largest absolute Gasteiger partial charge is 0.419 e. The van der Waals surface area contributed by atoms with Gasteiger partial charge in [-0.2, -0.15) is 0 Å². The summed E-state index contributed by atoms with van der Waals surface area (Å²) in [5.74, 6) is -2.70. The van der Waals surface area contributed by atoms with E-state index in [2.05, 4.69) is 15.3 Å². The molecule has 24 heavy (non-hydrogen) atoms. The Morgan fingerprint density at radius 2 is 1.58 bits per heavy atom. The van der Waals surface area contributed by atoms with E-state index in [1.165, 1.54) is 20.0 Å². The topological polar surface area (TPSA) is 90.4 Å². The van der Waals surface area contributed by atoms with E-state index in [-0.39, 0.29) is 5.57 Å². The maximum atomic E-state index is 11.9. The van der Waals surface area contributed by atoms with Crippen LogP contribution in [-0.4, -0.2) is 27.7 Å². The lowest BCUT2D eigenvalue weighted by atomic mass is 10.2. The Balaban J connectivity index is 1.86. The molecule has 1 aliphatic rings. The summed E-state index contributed by atoms with van der Waals surface area (Å²) in [6.45, 7) is 6.79. The number of hydrogen-bond acceptors (Lipinski definition) is 7. The lowest BCUT2D eigenvalue weighted by Gasteiger charge is -2.29. The smallest absolute Gasteiger partial charge is 0.350 e. The number of carbonyl (C=O) groups excluding carboxylic acids is 2. The molecular weight excluding hydrogens is 310 g/mol. The van der Waals surface area contributed by atoms with Crippen molar-refractivity contribution in [2.75, 3.05) is 5.32 Å². The van der Waals surface area contributed by atoms with Gasteiger partial charge < -0.3 is 14.8 Å². The normalized spacial score (nSPS) is 16.6. The molecular formula is C17H17N3O4. The lowest BCUT2D eigenvalue weighted by molar-refractivity contribution is -0.222. The number of aryl methyl sites for hydroxylation is 2. The van der Waals surface area contributed by atoms with Gasteiger partial charge in [-0.15, -0.1) is 0 Å². The number of ether oxygens (including phenoxy) is 2. The van der Waals surface area contributed by atoms with Crippen LogP contribution in [0.4, 0.5) is 5.69 Å². The Morgan fingerprint density at radius 3 is 2.21 bits per heavy atom. The monoisotopic (exact) mass is 327 g/mol. The molecule has 2 heterocycles. The number of anilines is 1. The summed E-state index contributed by atoms with van der Waals surface area (Å²) in [5, 5.41) is 2.90. The zero-order valence-electron chi connectivity index (χ0n) is 13.8. The van der Waals surface area contributed by atoms with E-state index in [1.54, 1.807) is 12.1 Å². The molecule has 0 unspecified atom stereocenters. The van der Waals surface area contributed by atoms with Gasteiger partial charge in [0.15, 0.2) is 5.57 Å². The minimum absolute atomic E-state index is 0.194. The Bertz CT molecular complexity index is 865. The molecule has 1 N–H and O–H groups in total. The van der Waals surface area contributed by atoms with Gasteiger partial charge in [0.25, 0.3) is 5.79 Å². The number of benzene rings is 1. The van der Waals surface area contributed by atoms with Crippen molar-refractivity contribution in [1.82, 2.24) is 9.97 Å². The second kappa shape index (κ2) is 5.59. The minimum atomic E-state index is -1.25. The van der Waals surface area contributed by atoms with E-state index < -0.39 is 17.7 Å². The number of cyclic esters (lactones) is 2. The quantitative estimate of drug-likeness (QED) is 0.514. The molecule has 0 spiro atoms. The van der Waals surface area contributed by atoms with Crippen molar-refractivity contribution in [1.29, 1.82) is 0 Å². The second-order valence-electron chi connectivity index (χ2n) is 5.98. The molecule has 1 aromatic carbocycles. The van der Waals surface area contributed by atoms with Crippen LogP contribution in [0.3, 0.4) is 0 Å². The number of carbonyl (C=O) groups is 2. The van der Waals surface area contributed by atoms with Crippen LogP contribution in [-0.2, 0) is 19.1 Å². The fraction of sp³-hybridized carbons (Fsp3) is 0.294. The van der Waals surface area contributed by atoms with Crippen LogP contribution in [0.2, 0.25) is 0 Å². The summed E-state index contributed by atoms with van der Waals surface area (Å²) < 4.78 is 10.1. The number of fused-ring (bicyclic) bond motifs is 1. The number of aromatic nitrogens is 2. The van der Waals surface area contributed by atoms with Gasteiger partial charge in [-0.25, -0.2) is 19.6 Å². The Hall–Kier alpha value is -2.96. The average Bonchev–Trinajstić information content (AvgIpc) is 2.46. The van der Waals surface area contributed by atoms with Gasteiger partial charge in [-0.3, -0.25) is 0 Å². The summed E-state index contributed by atoms with van der Waals surface area (Å²) >= 11 is 0. The zero-order chi connectivity index (χ0) is 17.5. The van der Waals surface area contributed by atoms with Crippen LogP contribution in [0, 0.1) is 13.8 Å². The molecule has 0 aliphatic carbocycles. The number of hydrogen-bond donors (Lipinski definition) is 1. The summed E-state index contributed by atoms with van der Waals surface area (Å²) in [7, 11) is 0. The standard InChI is InChI=1S/C17H17N3O4/c1-9-10(2)20-14-7-11(5-6-13(14)19-9)18-8-12-15(21)23-17(3,4)24-16(12)22/h5-8,18H,1-4H3. The summed E-state index contributed by atoms with van der Waals surface area (Å²) in [6, 6.07) is 5.39. The van der Waals surface area contributed by atoms with Crippen molar-refractivity contribution in [3.8, 4) is 0 Å². The van der Waals surface area contributed by atoms with Crippen molar-refractivity contribution in [2.45, 2.75) is 33.5 Å². The van der Waals surface area contributed by atoms with Crippen LogP contribution in [0.25, 0.3) is 11.0 Å². The van der Waals surface area contributed by atoms with Crippen molar-refractivity contribution in [2.24, 2.45) is 0 Å². The molecule has 2 aromatic rings. The Labute approximate surface area is 138 Å². The van der Waals surface area contributed by atoms with E-state index in [1.807, 2.05) is 19.9 Å². The highest BCUT2D eigenvalue weighted by Crippen LogP contribution is 2.23. The third kappa shape index (κ3) is 3.05. The maximum absolute atomic E-state index is 11.9. The van der Waals surface area contributed by atoms with Gasteiger partial charge in [-0.1, -0.05) is 0 Å². The molecule has 0 saturated carbocycles. The molecule has 1 aromatic heterocycles. The van der Waals surface area contributed by atoms with Crippen LogP contribution in [0.15, 0.2) is 30.0 Å². The SMILES string of the molecule is Cc1nc2ccc(NC=C3C(=O)OC(C)(C)OC3=O)cc2nc1C. The van der Waals surface area contributed by atoms with E-state index in [0.29, 0.717) is 5.69 Å². The van der Waals surface area contributed by atoms with Gasteiger partial charge in [0, 0.05) is 25.7 Å². The predicted octanol–water partition coefficient (Wildman–Crippen LogP) is 2.38. The van der Waals surface area contributed by atoms with Crippen LogP contribution < -0.4 is 5.32 Å². The van der Waals surface area contributed by atoms with Crippen molar-refractivity contribution in [3.05, 3.63) is 41.4 Å². The molecule has 7 nitrogen and oxygen atoms in total. The molecule has 1 aliphatic heterocycles. The average molecular weight is 327 g/mol. The fourth-order valence-corrected chi connectivity index (χ4v) is 2.25. The van der Waals surface area contributed by atoms with Gasteiger partial charge in [0.1, 0.15) is 0 Å². The molecule has 1 fully saturated rings. The highest BCUT2D eigenvalue weighted by Gasteiger charge is 2.38. The molecule has 124 valence electrons. The molecule has 1 saturated heterocycles. The van der Waals surface area contributed by atoms with E-state index in [0.717, 1.165) is 22.4 Å². The summed E-state index contributed by atoms with van der Waals surface area (Å²) in [6.07, 6.45) is 1.27. The number of rotatable bonds is 2. The van der Waals surface area contributed by atoms with Gasteiger partial charge in [-0.05, 0) is 32.0 Å². The van der Waals surface area contributed by atoms with E-state index in [4.69, 9.17) is 9.47 Å². The third-order valence-corrected chi connectivity index (χ3v) is 3.58. The van der Waals surface area contributed by atoms with Crippen LogP contribution in [0.5, 0.6) is 0 Å². The first-order valence-corrected chi connectivity index (χ1v) is 7.43.